The SMILES string of the molecule is O=C(CCN1C(=O)C(=Cc2ccco2)SC1=S)Nc1ccc2ccccc2c1. The number of nitrogens with one attached hydrogen (secondary N) is 1. The largest absolute Gasteiger partial charge is 0.465 e. The predicted octanol–water partition coefficient (Wildman–Crippen LogP) is 4.66. The molecule has 2 amide bonds. The molecule has 0 spiro atoms. The van der Waals surface area contributed by atoms with Crippen molar-refractivity contribution < 1.29 is 14.0 Å². The molecule has 0 radical (unpaired) electrons. The number of carbonyl (C=O) groups is 2. The van der Waals surface area contributed by atoms with E-state index in [2.05, 4.69) is 5.32 Å². The summed E-state index contributed by atoms with van der Waals surface area (Å²) in [5.74, 6) is 0.221. The number of rotatable bonds is 5. The highest BCUT2D eigenvalue weighted by Gasteiger charge is 2.32. The van der Waals surface area contributed by atoms with E-state index in [-0.39, 0.29) is 24.8 Å². The fourth-order valence-electron chi connectivity index (χ4n) is 2.90. The third kappa shape index (κ3) is 4.00. The lowest BCUT2D eigenvalue weighted by Crippen LogP contribution is -2.31. The van der Waals surface area contributed by atoms with E-state index in [9.17, 15) is 9.59 Å². The van der Waals surface area contributed by atoms with Gasteiger partial charge in [-0.2, -0.15) is 0 Å². The van der Waals surface area contributed by atoms with E-state index in [1.54, 1.807) is 24.5 Å². The molecule has 7 heteroatoms. The topological polar surface area (TPSA) is 62.6 Å². The summed E-state index contributed by atoms with van der Waals surface area (Å²) < 4.78 is 5.69. The van der Waals surface area contributed by atoms with Gasteiger partial charge in [0.25, 0.3) is 5.91 Å². The zero-order valence-corrected chi connectivity index (χ0v) is 16.4. The smallest absolute Gasteiger partial charge is 0.266 e. The minimum absolute atomic E-state index is 0.160. The van der Waals surface area contributed by atoms with Gasteiger partial charge >= 0.3 is 0 Å². The van der Waals surface area contributed by atoms with Gasteiger partial charge in [0.1, 0.15) is 10.1 Å². The number of thiocarbonyl (C=S) groups is 1. The molecular formula is C21H16N2O3S2. The summed E-state index contributed by atoms with van der Waals surface area (Å²) in [5, 5.41) is 5.05. The first-order valence-corrected chi connectivity index (χ1v) is 9.90. The quantitative estimate of drug-likeness (QED) is 0.491. The van der Waals surface area contributed by atoms with Crippen LogP contribution in [0.2, 0.25) is 0 Å². The molecule has 5 nitrogen and oxygen atoms in total. The Bertz CT molecular complexity index is 1090. The van der Waals surface area contributed by atoms with Gasteiger partial charge in [-0.05, 0) is 35.0 Å². The number of fused-ring (bicyclic) bond motifs is 1. The summed E-state index contributed by atoms with van der Waals surface area (Å²) >= 11 is 6.50. The number of hydrogen-bond donors (Lipinski definition) is 1. The van der Waals surface area contributed by atoms with Crippen LogP contribution >= 0.6 is 24.0 Å². The highest BCUT2D eigenvalue weighted by molar-refractivity contribution is 8.26. The van der Waals surface area contributed by atoms with Crippen molar-refractivity contribution in [3.8, 4) is 0 Å². The summed E-state index contributed by atoms with van der Waals surface area (Å²) in [6.45, 7) is 0.236. The summed E-state index contributed by atoms with van der Waals surface area (Å²) in [6.07, 6.45) is 3.37. The number of furan rings is 1. The molecule has 1 aromatic heterocycles. The van der Waals surface area contributed by atoms with Gasteiger partial charge in [-0.15, -0.1) is 0 Å². The predicted molar refractivity (Wildman–Crippen MR) is 116 cm³/mol. The maximum absolute atomic E-state index is 12.5. The molecule has 0 atom stereocenters. The van der Waals surface area contributed by atoms with Crippen LogP contribution in [0.1, 0.15) is 12.2 Å². The van der Waals surface area contributed by atoms with Crippen molar-refractivity contribution in [2.24, 2.45) is 0 Å². The molecular weight excluding hydrogens is 392 g/mol. The van der Waals surface area contributed by atoms with Crippen LogP contribution in [-0.2, 0) is 9.59 Å². The molecule has 0 unspecified atom stereocenters. The maximum atomic E-state index is 12.5. The zero-order chi connectivity index (χ0) is 19.5. The molecule has 3 aromatic rings. The first-order valence-electron chi connectivity index (χ1n) is 8.68. The van der Waals surface area contributed by atoms with E-state index in [0.29, 0.717) is 15.0 Å². The van der Waals surface area contributed by atoms with Crippen molar-refractivity contribution >= 4 is 62.7 Å². The van der Waals surface area contributed by atoms with E-state index >= 15 is 0 Å². The van der Waals surface area contributed by atoms with Crippen LogP contribution in [-0.4, -0.2) is 27.6 Å². The van der Waals surface area contributed by atoms with Crippen molar-refractivity contribution in [3.05, 3.63) is 71.5 Å². The number of nitrogens with zero attached hydrogens (tertiary/aromatic N) is 1. The van der Waals surface area contributed by atoms with Gasteiger partial charge in [0.05, 0.1) is 11.2 Å². The van der Waals surface area contributed by atoms with Gasteiger partial charge in [0, 0.05) is 24.7 Å². The van der Waals surface area contributed by atoms with E-state index < -0.39 is 0 Å². The second-order valence-corrected chi connectivity index (χ2v) is 7.88. The molecule has 0 saturated carbocycles. The highest BCUT2D eigenvalue weighted by Crippen LogP contribution is 2.32. The Morgan fingerprint density at radius 2 is 1.96 bits per heavy atom. The van der Waals surface area contributed by atoms with Crippen molar-refractivity contribution in [2.75, 3.05) is 11.9 Å². The van der Waals surface area contributed by atoms with Gasteiger partial charge in [-0.25, -0.2) is 0 Å². The highest BCUT2D eigenvalue weighted by atomic mass is 32.2. The first-order chi connectivity index (χ1) is 13.6. The van der Waals surface area contributed by atoms with Crippen molar-refractivity contribution in [1.82, 2.24) is 4.90 Å². The lowest BCUT2D eigenvalue weighted by molar-refractivity contribution is -0.122. The third-order valence-corrected chi connectivity index (χ3v) is 5.66. The Morgan fingerprint density at radius 1 is 1.14 bits per heavy atom. The lowest BCUT2D eigenvalue weighted by Gasteiger charge is -2.14. The van der Waals surface area contributed by atoms with Gasteiger partial charge in [-0.3, -0.25) is 14.5 Å². The molecule has 1 fully saturated rings. The maximum Gasteiger partial charge on any atom is 0.266 e. The average molecular weight is 409 g/mol. The van der Waals surface area contributed by atoms with Crippen molar-refractivity contribution in [1.29, 1.82) is 0 Å². The minimum atomic E-state index is -0.204. The summed E-state index contributed by atoms with van der Waals surface area (Å²) in [4.78, 5) is 26.8. The zero-order valence-electron chi connectivity index (χ0n) is 14.8. The van der Waals surface area contributed by atoms with Crippen molar-refractivity contribution in [2.45, 2.75) is 6.42 Å². The van der Waals surface area contributed by atoms with Crippen LogP contribution in [0.5, 0.6) is 0 Å². The molecule has 1 aliphatic heterocycles. The molecule has 1 N–H and O–H groups in total. The normalized spacial score (nSPS) is 15.6. The Labute approximate surface area is 171 Å². The molecule has 1 saturated heterocycles. The van der Waals surface area contributed by atoms with Gasteiger partial charge in [-0.1, -0.05) is 54.3 Å². The number of thioether (sulfide) groups is 1. The van der Waals surface area contributed by atoms with Crippen LogP contribution in [0.3, 0.4) is 0 Å². The first kappa shape index (κ1) is 18.5. The number of hydrogen-bond acceptors (Lipinski definition) is 5. The van der Waals surface area contributed by atoms with Crippen LogP contribution in [0.4, 0.5) is 5.69 Å². The molecule has 140 valence electrons. The Hall–Kier alpha value is -2.90. The number of benzene rings is 2. The molecule has 2 heterocycles. The second kappa shape index (κ2) is 8.00. The van der Waals surface area contributed by atoms with Crippen LogP contribution < -0.4 is 5.32 Å². The minimum Gasteiger partial charge on any atom is -0.465 e. The molecule has 2 aromatic carbocycles. The van der Waals surface area contributed by atoms with Crippen LogP contribution in [0.15, 0.2) is 70.2 Å². The summed E-state index contributed by atoms with van der Waals surface area (Å²) in [5.41, 5.74) is 0.729. The summed E-state index contributed by atoms with van der Waals surface area (Å²) in [6, 6.07) is 17.2. The third-order valence-electron chi connectivity index (χ3n) is 4.29. The van der Waals surface area contributed by atoms with Crippen LogP contribution in [0.25, 0.3) is 16.8 Å². The molecule has 28 heavy (non-hydrogen) atoms. The average Bonchev–Trinajstić information content (AvgIpc) is 3.29. The van der Waals surface area contributed by atoms with Gasteiger partial charge < -0.3 is 9.73 Å². The van der Waals surface area contributed by atoms with Gasteiger partial charge in [0.2, 0.25) is 5.91 Å². The number of amides is 2. The van der Waals surface area contributed by atoms with Crippen LogP contribution in [0, 0.1) is 0 Å². The van der Waals surface area contributed by atoms with E-state index in [1.165, 1.54) is 16.7 Å². The fourth-order valence-corrected chi connectivity index (χ4v) is 4.19. The molecule has 4 rings (SSSR count). The second-order valence-electron chi connectivity index (χ2n) is 6.21. The van der Waals surface area contributed by atoms with Crippen molar-refractivity contribution in [3.63, 3.8) is 0 Å². The van der Waals surface area contributed by atoms with Gasteiger partial charge in [0.15, 0.2) is 0 Å². The Balaban J connectivity index is 1.37. The monoisotopic (exact) mass is 408 g/mol. The fraction of sp³-hybridized carbons (Fsp3) is 0.0952. The number of carbonyl (C=O) groups excluding carboxylic acids is 2. The van der Waals surface area contributed by atoms with E-state index in [1.807, 2.05) is 42.5 Å². The standard InChI is InChI=1S/C21H16N2O3S2/c24-19(22-16-8-7-14-4-1-2-5-15(14)12-16)9-10-23-20(25)18(28-21(23)27)13-17-6-3-11-26-17/h1-8,11-13H,9-10H2,(H,22,24). The summed E-state index contributed by atoms with van der Waals surface area (Å²) in [7, 11) is 0. The molecule has 1 aliphatic rings. The van der Waals surface area contributed by atoms with E-state index in [0.717, 1.165) is 16.5 Å². The Morgan fingerprint density at radius 3 is 2.75 bits per heavy atom. The molecule has 0 bridgehead atoms. The molecule has 0 aliphatic carbocycles. The Kier molecular flexibility index (Phi) is 5.27. The van der Waals surface area contributed by atoms with E-state index in [4.69, 9.17) is 16.6 Å². The number of anilines is 1. The lowest BCUT2D eigenvalue weighted by atomic mass is 10.1.